The Labute approximate surface area is 199 Å². The number of ether oxygens (including phenoxy) is 4. The normalized spacial score (nSPS) is 14.8. The zero-order valence-corrected chi connectivity index (χ0v) is 19.4. The molecule has 1 aliphatic rings. The lowest BCUT2D eigenvalue weighted by atomic mass is 10.0. The molecule has 0 bridgehead atoms. The summed E-state index contributed by atoms with van der Waals surface area (Å²) >= 11 is 0. The number of morpholine rings is 1. The first-order valence-electron chi connectivity index (χ1n) is 11.2. The van der Waals surface area contributed by atoms with Crippen LogP contribution >= 0.6 is 0 Å². The summed E-state index contributed by atoms with van der Waals surface area (Å²) in [6, 6.07) is 18.5. The molecule has 1 N–H and O–H groups in total. The number of benzene rings is 2. The molecule has 1 fully saturated rings. The van der Waals surface area contributed by atoms with Gasteiger partial charge in [0.2, 0.25) is 5.88 Å². The molecule has 1 aromatic heterocycles. The van der Waals surface area contributed by atoms with Crippen LogP contribution in [0.15, 0.2) is 66.9 Å². The van der Waals surface area contributed by atoms with E-state index in [-0.39, 0.29) is 17.8 Å². The first-order valence-corrected chi connectivity index (χ1v) is 11.2. The molecule has 1 aliphatic heterocycles. The minimum Gasteiger partial charge on any atom is -0.493 e. The maximum absolute atomic E-state index is 13.2. The molecule has 0 saturated carbocycles. The number of nitrogens with one attached hydrogen (secondary N) is 1. The van der Waals surface area contributed by atoms with Gasteiger partial charge in [0.15, 0.2) is 11.5 Å². The van der Waals surface area contributed by atoms with Crippen LogP contribution in [0.25, 0.3) is 0 Å². The quantitative estimate of drug-likeness (QED) is 0.518. The number of methoxy groups -OCH3 is 2. The number of aromatic nitrogens is 1. The molecule has 1 saturated heterocycles. The average Bonchev–Trinajstić information content (AvgIpc) is 2.90. The number of para-hydroxylation sites is 1. The summed E-state index contributed by atoms with van der Waals surface area (Å²) in [5, 5.41) is 3.07. The van der Waals surface area contributed by atoms with E-state index in [1.807, 2.05) is 48.5 Å². The van der Waals surface area contributed by atoms with Gasteiger partial charge in [-0.05, 0) is 42.0 Å². The van der Waals surface area contributed by atoms with Gasteiger partial charge in [-0.15, -0.1) is 0 Å². The Morgan fingerprint density at radius 1 is 1.03 bits per heavy atom. The summed E-state index contributed by atoms with van der Waals surface area (Å²) in [5.74, 6) is 1.94. The van der Waals surface area contributed by atoms with Gasteiger partial charge in [0, 0.05) is 25.8 Å². The molecular formula is C26H29N3O5. The van der Waals surface area contributed by atoms with E-state index in [4.69, 9.17) is 18.9 Å². The van der Waals surface area contributed by atoms with Crippen molar-refractivity contribution in [2.24, 2.45) is 0 Å². The standard InChI is InChI=1S/C26H29N3O5/c1-31-23-11-10-19(17-24(23)32-2)22(29-13-15-33-16-14-29)18-28-25(30)21-9-6-12-27-26(21)34-20-7-4-3-5-8-20/h3-12,17,22H,13-16,18H2,1-2H3,(H,28,30). The van der Waals surface area contributed by atoms with Gasteiger partial charge in [-0.1, -0.05) is 24.3 Å². The summed E-state index contributed by atoms with van der Waals surface area (Å²) in [6.45, 7) is 3.23. The molecule has 8 heteroatoms. The lowest BCUT2D eigenvalue weighted by Gasteiger charge is -2.35. The van der Waals surface area contributed by atoms with Gasteiger partial charge in [-0.25, -0.2) is 4.98 Å². The van der Waals surface area contributed by atoms with Crippen LogP contribution in [-0.2, 0) is 4.74 Å². The fourth-order valence-corrected chi connectivity index (χ4v) is 3.94. The van der Waals surface area contributed by atoms with Crippen molar-refractivity contribution in [3.05, 3.63) is 78.0 Å². The van der Waals surface area contributed by atoms with Crippen molar-refractivity contribution in [3.8, 4) is 23.1 Å². The topological polar surface area (TPSA) is 82.2 Å². The lowest BCUT2D eigenvalue weighted by molar-refractivity contribution is 0.0162. The predicted molar refractivity (Wildman–Crippen MR) is 128 cm³/mol. The SMILES string of the molecule is COc1ccc(C(CNC(=O)c2cccnc2Oc2ccccc2)N2CCOCC2)cc1OC. The average molecular weight is 464 g/mol. The smallest absolute Gasteiger partial charge is 0.256 e. The van der Waals surface area contributed by atoms with Crippen molar-refractivity contribution in [2.75, 3.05) is 47.1 Å². The van der Waals surface area contributed by atoms with Gasteiger partial charge in [0.05, 0.1) is 33.5 Å². The van der Waals surface area contributed by atoms with Crippen molar-refractivity contribution in [1.29, 1.82) is 0 Å². The lowest BCUT2D eigenvalue weighted by Crippen LogP contribution is -2.43. The third-order valence-corrected chi connectivity index (χ3v) is 5.71. The summed E-state index contributed by atoms with van der Waals surface area (Å²) < 4.78 is 22.3. The van der Waals surface area contributed by atoms with Crippen LogP contribution in [0.5, 0.6) is 23.1 Å². The molecule has 0 aliphatic carbocycles. The highest BCUT2D eigenvalue weighted by Gasteiger charge is 2.25. The second-order valence-electron chi connectivity index (χ2n) is 7.76. The first kappa shape index (κ1) is 23.5. The van der Waals surface area contributed by atoms with E-state index in [9.17, 15) is 4.79 Å². The number of carbonyl (C=O) groups is 1. The molecule has 1 unspecified atom stereocenters. The first-order chi connectivity index (χ1) is 16.7. The maximum atomic E-state index is 13.2. The molecule has 2 aromatic carbocycles. The second kappa shape index (κ2) is 11.5. The van der Waals surface area contributed by atoms with Crippen LogP contribution in [0.4, 0.5) is 0 Å². The Balaban J connectivity index is 1.53. The van der Waals surface area contributed by atoms with E-state index in [2.05, 4.69) is 15.2 Å². The van der Waals surface area contributed by atoms with E-state index in [0.717, 1.165) is 18.7 Å². The molecule has 8 nitrogen and oxygen atoms in total. The number of hydrogen-bond acceptors (Lipinski definition) is 7. The second-order valence-corrected chi connectivity index (χ2v) is 7.76. The highest BCUT2D eigenvalue weighted by Crippen LogP contribution is 2.32. The van der Waals surface area contributed by atoms with Crippen molar-refractivity contribution < 1.29 is 23.7 Å². The van der Waals surface area contributed by atoms with Crippen LogP contribution in [0.1, 0.15) is 22.0 Å². The van der Waals surface area contributed by atoms with Gasteiger partial charge in [-0.3, -0.25) is 9.69 Å². The number of hydrogen-bond donors (Lipinski definition) is 1. The predicted octanol–water partition coefficient (Wildman–Crippen LogP) is 3.69. The molecule has 0 radical (unpaired) electrons. The van der Waals surface area contributed by atoms with Gasteiger partial charge in [-0.2, -0.15) is 0 Å². The van der Waals surface area contributed by atoms with Gasteiger partial charge in [0.25, 0.3) is 5.91 Å². The van der Waals surface area contributed by atoms with Gasteiger partial charge in [0.1, 0.15) is 11.3 Å². The molecular weight excluding hydrogens is 434 g/mol. The molecule has 4 rings (SSSR count). The van der Waals surface area contributed by atoms with Crippen LogP contribution in [0.3, 0.4) is 0 Å². The Hall–Kier alpha value is -3.62. The van der Waals surface area contributed by atoms with Gasteiger partial charge < -0.3 is 24.3 Å². The molecule has 3 aromatic rings. The maximum Gasteiger partial charge on any atom is 0.256 e. The summed E-state index contributed by atoms with van der Waals surface area (Å²) in [6.07, 6.45) is 1.61. The zero-order valence-electron chi connectivity index (χ0n) is 19.4. The summed E-state index contributed by atoms with van der Waals surface area (Å²) in [7, 11) is 3.23. The van der Waals surface area contributed by atoms with E-state index >= 15 is 0 Å². The third-order valence-electron chi connectivity index (χ3n) is 5.71. The van der Waals surface area contributed by atoms with E-state index < -0.39 is 0 Å². The monoisotopic (exact) mass is 463 g/mol. The molecule has 1 amide bonds. The number of amides is 1. The van der Waals surface area contributed by atoms with Crippen molar-refractivity contribution in [2.45, 2.75) is 6.04 Å². The fourth-order valence-electron chi connectivity index (χ4n) is 3.94. The van der Waals surface area contributed by atoms with Gasteiger partial charge >= 0.3 is 0 Å². The zero-order chi connectivity index (χ0) is 23.8. The van der Waals surface area contributed by atoms with E-state index in [1.54, 1.807) is 32.5 Å². The number of rotatable bonds is 9. The molecule has 1 atom stereocenters. The third kappa shape index (κ3) is 5.65. The van der Waals surface area contributed by atoms with Crippen LogP contribution in [0.2, 0.25) is 0 Å². The number of nitrogens with zero attached hydrogens (tertiary/aromatic N) is 2. The Kier molecular flexibility index (Phi) is 7.95. The van der Waals surface area contributed by atoms with E-state index in [1.165, 1.54) is 0 Å². The molecule has 2 heterocycles. The van der Waals surface area contributed by atoms with Crippen LogP contribution in [0, 0.1) is 0 Å². The van der Waals surface area contributed by atoms with Crippen LogP contribution < -0.4 is 19.5 Å². The van der Waals surface area contributed by atoms with Crippen molar-refractivity contribution in [3.63, 3.8) is 0 Å². The molecule has 34 heavy (non-hydrogen) atoms. The van der Waals surface area contributed by atoms with Crippen molar-refractivity contribution >= 4 is 5.91 Å². The molecule has 178 valence electrons. The summed E-state index contributed by atoms with van der Waals surface area (Å²) in [4.78, 5) is 19.8. The Morgan fingerprint density at radius 2 is 1.79 bits per heavy atom. The Morgan fingerprint density at radius 3 is 2.53 bits per heavy atom. The van der Waals surface area contributed by atoms with E-state index in [0.29, 0.717) is 42.6 Å². The largest absolute Gasteiger partial charge is 0.493 e. The van der Waals surface area contributed by atoms with Crippen molar-refractivity contribution in [1.82, 2.24) is 15.2 Å². The fraction of sp³-hybridized carbons (Fsp3) is 0.308. The minimum absolute atomic E-state index is 0.0668. The highest BCUT2D eigenvalue weighted by atomic mass is 16.5. The molecule has 0 spiro atoms. The van der Waals surface area contributed by atoms with Crippen LogP contribution in [-0.4, -0.2) is 62.9 Å². The number of pyridine rings is 1. The number of carbonyl (C=O) groups excluding carboxylic acids is 1. The highest BCUT2D eigenvalue weighted by molar-refractivity contribution is 5.96. The summed E-state index contributed by atoms with van der Waals surface area (Å²) in [5.41, 5.74) is 1.39. The minimum atomic E-state index is -0.252. The Bertz CT molecular complexity index is 1090.